The van der Waals surface area contributed by atoms with Crippen molar-refractivity contribution in [1.82, 2.24) is 10.1 Å². The van der Waals surface area contributed by atoms with Gasteiger partial charge in [-0.1, -0.05) is 17.3 Å². The van der Waals surface area contributed by atoms with Crippen LogP contribution in [0.15, 0.2) is 28.8 Å². The largest absolute Gasteiger partial charge is 0.485 e. The lowest BCUT2D eigenvalue weighted by molar-refractivity contribution is 0.0832. The quantitative estimate of drug-likeness (QED) is 0.832. The van der Waals surface area contributed by atoms with Gasteiger partial charge >= 0.3 is 6.01 Å². The van der Waals surface area contributed by atoms with Crippen LogP contribution in [-0.4, -0.2) is 37.0 Å². The molecule has 0 fully saturated rings. The minimum Gasteiger partial charge on any atom is -0.485 e. The number of nitrogens with zero attached hydrogens (tertiary/aromatic N) is 2. The van der Waals surface area contributed by atoms with Gasteiger partial charge in [-0.3, -0.25) is 0 Å². The first-order valence-corrected chi connectivity index (χ1v) is 6.31. The second-order valence-corrected chi connectivity index (χ2v) is 4.24. The zero-order valence-electron chi connectivity index (χ0n) is 11.0. The minimum absolute atomic E-state index is 0.347. The van der Waals surface area contributed by atoms with Crippen LogP contribution in [0.2, 0.25) is 0 Å². The maximum Gasteiger partial charge on any atom is 0.321 e. The van der Waals surface area contributed by atoms with Crippen LogP contribution in [0, 0.1) is 0 Å². The molecule has 7 nitrogen and oxygen atoms in total. The standard InChI is InChI=1S/C13H15N3O4/c1-17-7-6-14-13-15-12(16-20-13)11-8-18-9-4-2-3-5-10(9)19-11/h2-5,11H,6-8H2,1H3,(H,14,15,16). The van der Waals surface area contributed by atoms with E-state index in [1.54, 1.807) is 7.11 Å². The van der Waals surface area contributed by atoms with E-state index < -0.39 is 0 Å². The Kier molecular flexibility index (Phi) is 3.69. The summed E-state index contributed by atoms with van der Waals surface area (Å²) in [6, 6.07) is 7.84. The molecule has 1 atom stereocenters. The predicted molar refractivity (Wildman–Crippen MR) is 70.0 cm³/mol. The number of aromatic nitrogens is 2. The SMILES string of the molecule is COCCNc1nc(C2COc3ccccc3O2)no1. The number of hydrogen-bond donors (Lipinski definition) is 1. The van der Waals surface area contributed by atoms with Gasteiger partial charge in [-0.2, -0.15) is 4.98 Å². The van der Waals surface area contributed by atoms with Gasteiger partial charge in [0.15, 0.2) is 17.6 Å². The van der Waals surface area contributed by atoms with Gasteiger partial charge in [-0.05, 0) is 12.1 Å². The van der Waals surface area contributed by atoms with Crippen LogP contribution in [0.5, 0.6) is 11.5 Å². The Morgan fingerprint density at radius 2 is 2.20 bits per heavy atom. The summed E-state index contributed by atoms with van der Waals surface area (Å²) in [6.45, 7) is 1.52. The van der Waals surface area contributed by atoms with Crippen molar-refractivity contribution in [3.8, 4) is 11.5 Å². The van der Waals surface area contributed by atoms with Gasteiger partial charge in [0.25, 0.3) is 0 Å². The molecule has 0 spiro atoms. The van der Waals surface area contributed by atoms with Crippen LogP contribution < -0.4 is 14.8 Å². The Morgan fingerprint density at radius 3 is 3.05 bits per heavy atom. The number of nitrogens with one attached hydrogen (secondary N) is 1. The molecule has 106 valence electrons. The Hall–Kier alpha value is -2.28. The van der Waals surface area contributed by atoms with Gasteiger partial charge < -0.3 is 24.1 Å². The zero-order chi connectivity index (χ0) is 13.8. The van der Waals surface area contributed by atoms with Crippen LogP contribution in [0.4, 0.5) is 6.01 Å². The van der Waals surface area contributed by atoms with Crippen molar-refractivity contribution in [3.05, 3.63) is 30.1 Å². The molecule has 1 aromatic carbocycles. The van der Waals surface area contributed by atoms with Crippen LogP contribution in [0.3, 0.4) is 0 Å². The molecule has 1 aromatic heterocycles. The highest BCUT2D eigenvalue weighted by Gasteiger charge is 2.26. The fourth-order valence-electron chi connectivity index (χ4n) is 1.84. The highest BCUT2D eigenvalue weighted by Crippen LogP contribution is 2.35. The van der Waals surface area contributed by atoms with Crippen molar-refractivity contribution in [2.24, 2.45) is 0 Å². The van der Waals surface area contributed by atoms with Crippen molar-refractivity contribution in [2.45, 2.75) is 6.10 Å². The van der Waals surface area contributed by atoms with Crippen LogP contribution in [0.25, 0.3) is 0 Å². The van der Waals surface area contributed by atoms with E-state index in [9.17, 15) is 0 Å². The third-order valence-corrected chi connectivity index (χ3v) is 2.82. The lowest BCUT2D eigenvalue weighted by Crippen LogP contribution is -2.22. The van der Waals surface area contributed by atoms with Crippen molar-refractivity contribution in [2.75, 3.05) is 32.2 Å². The normalized spacial score (nSPS) is 16.9. The summed E-state index contributed by atoms with van der Waals surface area (Å²) in [5.74, 6) is 1.87. The molecule has 1 unspecified atom stereocenters. The molecule has 20 heavy (non-hydrogen) atoms. The molecule has 1 N–H and O–H groups in total. The summed E-state index contributed by atoms with van der Waals surface area (Å²) < 4.78 is 21.4. The average molecular weight is 277 g/mol. The number of benzene rings is 1. The van der Waals surface area contributed by atoms with Gasteiger partial charge in [-0.25, -0.2) is 0 Å². The number of anilines is 1. The molecular formula is C13H15N3O4. The van der Waals surface area contributed by atoms with Gasteiger partial charge in [0.2, 0.25) is 5.82 Å². The topological polar surface area (TPSA) is 78.6 Å². The van der Waals surface area contributed by atoms with Crippen molar-refractivity contribution in [3.63, 3.8) is 0 Å². The first-order chi connectivity index (χ1) is 9.86. The number of methoxy groups -OCH3 is 1. The summed E-state index contributed by atoms with van der Waals surface area (Å²) in [5, 5.41) is 6.86. The number of para-hydroxylation sites is 2. The molecule has 1 aliphatic heterocycles. The monoisotopic (exact) mass is 277 g/mol. The van der Waals surface area contributed by atoms with E-state index in [-0.39, 0.29) is 6.10 Å². The summed E-state index contributed by atoms with van der Waals surface area (Å²) >= 11 is 0. The fraction of sp³-hybridized carbons (Fsp3) is 0.385. The maximum atomic E-state index is 5.79. The molecule has 0 amide bonds. The molecule has 7 heteroatoms. The van der Waals surface area contributed by atoms with E-state index in [0.717, 1.165) is 5.75 Å². The number of fused-ring (bicyclic) bond motifs is 1. The van der Waals surface area contributed by atoms with E-state index in [2.05, 4.69) is 15.5 Å². The average Bonchev–Trinajstić information content (AvgIpc) is 2.96. The number of hydrogen-bond acceptors (Lipinski definition) is 7. The van der Waals surface area contributed by atoms with Crippen molar-refractivity contribution in [1.29, 1.82) is 0 Å². The van der Waals surface area contributed by atoms with E-state index in [1.807, 2.05) is 24.3 Å². The van der Waals surface area contributed by atoms with Gasteiger partial charge in [-0.15, -0.1) is 0 Å². The molecule has 2 heterocycles. The summed E-state index contributed by atoms with van der Waals surface area (Å²) in [4.78, 5) is 4.23. The van der Waals surface area contributed by atoms with Crippen LogP contribution in [-0.2, 0) is 4.74 Å². The molecule has 0 aliphatic carbocycles. The molecule has 0 radical (unpaired) electrons. The predicted octanol–water partition coefficient (Wildman–Crippen LogP) is 1.64. The minimum atomic E-state index is -0.369. The third-order valence-electron chi connectivity index (χ3n) is 2.82. The highest BCUT2D eigenvalue weighted by molar-refractivity contribution is 5.41. The smallest absolute Gasteiger partial charge is 0.321 e. The zero-order valence-corrected chi connectivity index (χ0v) is 11.0. The van der Waals surface area contributed by atoms with E-state index in [1.165, 1.54) is 0 Å². The van der Waals surface area contributed by atoms with Crippen molar-refractivity contribution >= 4 is 6.01 Å². The van der Waals surface area contributed by atoms with Crippen molar-refractivity contribution < 1.29 is 18.7 Å². The molecular weight excluding hydrogens is 262 g/mol. The lowest BCUT2D eigenvalue weighted by atomic mass is 10.2. The third kappa shape index (κ3) is 2.67. The molecule has 1 aliphatic rings. The van der Waals surface area contributed by atoms with Crippen LogP contribution >= 0.6 is 0 Å². The van der Waals surface area contributed by atoms with Crippen LogP contribution in [0.1, 0.15) is 11.9 Å². The first kappa shape index (κ1) is 12.7. The second kappa shape index (κ2) is 5.79. The Labute approximate surface area is 115 Å². The van der Waals surface area contributed by atoms with E-state index in [0.29, 0.717) is 37.3 Å². The second-order valence-electron chi connectivity index (χ2n) is 4.24. The first-order valence-electron chi connectivity index (χ1n) is 6.31. The van der Waals surface area contributed by atoms with E-state index in [4.69, 9.17) is 18.7 Å². The molecule has 3 rings (SSSR count). The summed E-state index contributed by atoms with van der Waals surface area (Å²) in [6.07, 6.45) is -0.369. The van der Waals surface area contributed by atoms with Gasteiger partial charge in [0.05, 0.1) is 6.61 Å². The maximum absolute atomic E-state index is 5.79. The molecule has 2 aromatic rings. The molecule has 0 saturated carbocycles. The number of ether oxygens (including phenoxy) is 3. The highest BCUT2D eigenvalue weighted by atomic mass is 16.6. The molecule has 0 bridgehead atoms. The van der Waals surface area contributed by atoms with Gasteiger partial charge in [0, 0.05) is 13.7 Å². The lowest BCUT2D eigenvalue weighted by Gasteiger charge is -2.24. The fourth-order valence-corrected chi connectivity index (χ4v) is 1.84. The Bertz CT molecular complexity index is 572. The molecule has 0 saturated heterocycles. The number of rotatable bonds is 5. The van der Waals surface area contributed by atoms with E-state index >= 15 is 0 Å². The van der Waals surface area contributed by atoms with Gasteiger partial charge in [0.1, 0.15) is 6.61 Å². The summed E-state index contributed by atoms with van der Waals surface area (Å²) in [5.41, 5.74) is 0. The Morgan fingerprint density at radius 1 is 1.35 bits per heavy atom. The summed E-state index contributed by atoms with van der Waals surface area (Å²) in [7, 11) is 1.63. The Balaban J connectivity index is 1.66.